The van der Waals surface area contributed by atoms with Crippen molar-refractivity contribution < 1.29 is 19.1 Å². The Morgan fingerprint density at radius 3 is 2.54 bits per heavy atom. The summed E-state index contributed by atoms with van der Waals surface area (Å²) >= 11 is 4.34. The lowest BCUT2D eigenvalue weighted by Gasteiger charge is -2.17. The zero-order chi connectivity index (χ0) is 25.5. The Morgan fingerprint density at radius 1 is 1.17 bits per heavy atom. The molecule has 0 saturated heterocycles. The predicted octanol–water partition coefficient (Wildman–Crippen LogP) is 4.86. The third-order valence-corrected chi connectivity index (χ3v) is 5.98. The summed E-state index contributed by atoms with van der Waals surface area (Å²) in [5.74, 6) is -0.431. The van der Waals surface area contributed by atoms with Gasteiger partial charge in [-0.1, -0.05) is 51.1 Å². The fraction of sp³-hybridized carbons (Fsp3) is 0.385. The maximum Gasteiger partial charge on any atom is 0.336 e. The lowest BCUT2D eigenvalue weighted by atomic mass is 9.97. The number of halogens is 1. The number of benzene rings is 2. The van der Waals surface area contributed by atoms with Crippen LogP contribution in [0.15, 0.2) is 42.5 Å². The molecular formula is C26H31FN4O3S. The first-order valence-electron chi connectivity index (χ1n) is 11.7. The van der Waals surface area contributed by atoms with Crippen molar-refractivity contribution in [3.8, 4) is 11.1 Å². The Balaban J connectivity index is 1.85. The van der Waals surface area contributed by atoms with Gasteiger partial charge in [0.2, 0.25) is 5.82 Å². The fourth-order valence-corrected chi connectivity index (χ4v) is 4.20. The number of carbonyl (C=O) groups is 2. The molecule has 2 N–H and O–H groups in total. The van der Waals surface area contributed by atoms with Crippen LogP contribution in [0.25, 0.3) is 11.1 Å². The molecule has 1 atom stereocenters. The fourth-order valence-electron chi connectivity index (χ4n) is 3.96. The Labute approximate surface area is 210 Å². The monoisotopic (exact) mass is 498 g/mol. The van der Waals surface area contributed by atoms with Crippen molar-refractivity contribution in [3.05, 3.63) is 71.1 Å². The second kappa shape index (κ2) is 12.0. The molecule has 0 spiro atoms. The number of carboxylic acid groups (broad SMARTS) is 1. The average Bonchev–Trinajstić information content (AvgIpc) is 3.21. The third-order valence-electron chi connectivity index (χ3n) is 5.54. The Bertz CT molecular complexity index is 1200. The van der Waals surface area contributed by atoms with Crippen molar-refractivity contribution in [1.82, 2.24) is 20.1 Å². The topological polar surface area (TPSA) is 97.1 Å². The molecule has 7 nitrogen and oxygen atoms in total. The highest BCUT2D eigenvalue weighted by Crippen LogP contribution is 2.27. The number of hydrogen-bond donors (Lipinski definition) is 3. The predicted molar refractivity (Wildman–Crippen MR) is 136 cm³/mol. The maximum atomic E-state index is 15.0. The van der Waals surface area contributed by atoms with Crippen LogP contribution in [0.5, 0.6) is 0 Å². The van der Waals surface area contributed by atoms with Crippen molar-refractivity contribution in [2.45, 2.75) is 52.6 Å². The van der Waals surface area contributed by atoms with Crippen molar-refractivity contribution in [3.63, 3.8) is 0 Å². The van der Waals surface area contributed by atoms with Gasteiger partial charge in [-0.05, 0) is 42.0 Å². The number of aryl methyl sites for hydroxylation is 1. The molecule has 0 bridgehead atoms. The molecule has 0 radical (unpaired) electrons. The second-order valence-corrected chi connectivity index (χ2v) is 9.26. The molecule has 2 aromatic carbocycles. The number of nitrogens with one attached hydrogen (secondary N) is 1. The van der Waals surface area contributed by atoms with E-state index in [2.05, 4.69) is 41.9 Å². The number of aromatic carboxylic acids is 1. The van der Waals surface area contributed by atoms with Gasteiger partial charge in [0.15, 0.2) is 0 Å². The molecule has 1 heterocycles. The number of rotatable bonds is 11. The van der Waals surface area contributed by atoms with Gasteiger partial charge in [-0.15, -0.1) is 5.10 Å². The Morgan fingerprint density at radius 2 is 1.91 bits per heavy atom. The van der Waals surface area contributed by atoms with Crippen molar-refractivity contribution in [1.29, 1.82) is 0 Å². The molecule has 3 rings (SSSR count). The minimum atomic E-state index is -1.11. The normalized spacial score (nSPS) is 12.1. The third kappa shape index (κ3) is 6.69. The van der Waals surface area contributed by atoms with Gasteiger partial charge in [0, 0.05) is 30.3 Å². The molecule has 1 amide bonds. The number of carbonyl (C=O) groups excluding carboxylic acids is 1. The van der Waals surface area contributed by atoms with Gasteiger partial charge in [0.1, 0.15) is 11.6 Å². The number of aromatic nitrogens is 3. The standard InChI is InChI=1S/C26H31FN4O3S/c1-4-11-31-23(29-24(30-31)25(32)28-18(15-35)12-16(2)3)14-17-9-10-20(22(27)13-17)19-7-5-6-8-21(19)26(33)34/h5-10,13,16,18,35H,4,11-12,14-15H2,1-3H3,(H,28,32)(H,33,34). The number of thiol groups is 1. The largest absolute Gasteiger partial charge is 0.478 e. The summed E-state index contributed by atoms with van der Waals surface area (Å²) in [6.07, 6.45) is 1.87. The highest BCUT2D eigenvalue weighted by atomic mass is 32.1. The van der Waals surface area contributed by atoms with E-state index in [-0.39, 0.29) is 35.3 Å². The number of hydrogen-bond acceptors (Lipinski definition) is 5. The van der Waals surface area contributed by atoms with Crippen molar-refractivity contribution in [2.24, 2.45) is 5.92 Å². The lowest BCUT2D eigenvalue weighted by molar-refractivity contribution is 0.0697. The second-order valence-electron chi connectivity index (χ2n) is 8.90. The average molecular weight is 499 g/mol. The summed E-state index contributed by atoms with van der Waals surface area (Å²) < 4.78 is 16.7. The van der Waals surface area contributed by atoms with Gasteiger partial charge in [-0.2, -0.15) is 12.6 Å². The highest BCUT2D eigenvalue weighted by Gasteiger charge is 2.21. The molecule has 0 saturated carbocycles. The van der Waals surface area contributed by atoms with Gasteiger partial charge < -0.3 is 10.4 Å². The summed E-state index contributed by atoms with van der Waals surface area (Å²) in [5.41, 5.74) is 1.21. The van der Waals surface area contributed by atoms with Gasteiger partial charge >= 0.3 is 5.97 Å². The van der Waals surface area contributed by atoms with Crippen LogP contribution in [0.2, 0.25) is 0 Å². The van der Waals surface area contributed by atoms with Crippen LogP contribution in [0.1, 0.15) is 66.0 Å². The summed E-state index contributed by atoms with van der Waals surface area (Å²) in [6.45, 7) is 6.74. The van der Waals surface area contributed by atoms with E-state index in [1.54, 1.807) is 35.0 Å². The zero-order valence-electron chi connectivity index (χ0n) is 20.2. The molecule has 35 heavy (non-hydrogen) atoms. The molecular weight excluding hydrogens is 467 g/mol. The minimum absolute atomic E-state index is 0.0366. The lowest BCUT2D eigenvalue weighted by Crippen LogP contribution is -2.37. The van der Waals surface area contributed by atoms with Crippen LogP contribution < -0.4 is 5.32 Å². The SMILES string of the molecule is CCCn1nc(C(=O)NC(CS)CC(C)C)nc1Cc1ccc(-c2ccccc2C(=O)O)c(F)c1. The molecule has 186 valence electrons. The zero-order valence-corrected chi connectivity index (χ0v) is 21.1. The number of amides is 1. The first kappa shape index (κ1) is 26.4. The minimum Gasteiger partial charge on any atom is -0.478 e. The number of nitrogens with zero attached hydrogens (tertiary/aromatic N) is 3. The Hall–Kier alpha value is -3.20. The van der Waals surface area contributed by atoms with E-state index < -0.39 is 11.8 Å². The van der Waals surface area contributed by atoms with Gasteiger partial charge in [0.05, 0.1) is 5.56 Å². The molecule has 3 aromatic rings. The van der Waals surface area contributed by atoms with Gasteiger partial charge in [-0.25, -0.2) is 18.9 Å². The van der Waals surface area contributed by atoms with Crippen molar-refractivity contribution in [2.75, 3.05) is 5.75 Å². The maximum absolute atomic E-state index is 15.0. The number of carboxylic acids is 1. The molecule has 1 unspecified atom stereocenters. The molecule has 0 aliphatic rings. The first-order chi connectivity index (χ1) is 16.7. The highest BCUT2D eigenvalue weighted by molar-refractivity contribution is 7.80. The smallest absolute Gasteiger partial charge is 0.336 e. The van der Waals surface area contributed by atoms with Crippen LogP contribution >= 0.6 is 12.6 Å². The van der Waals surface area contributed by atoms with E-state index >= 15 is 4.39 Å². The summed E-state index contributed by atoms with van der Waals surface area (Å²) in [7, 11) is 0. The van der Waals surface area contributed by atoms with Gasteiger partial charge in [0.25, 0.3) is 5.91 Å². The molecule has 0 aliphatic carbocycles. The molecule has 0 fully saturated rings. The van der Waals surface area contributed by atoms with Crippen LogP contribution in [0.4, 0.5) is 4.39 Å². The van der Waals surface area contributed by atoms with E-state index in [9.17, 15) is 14.7 Å². The van der Waals surface area contributed by atoms with Crippen LogP contribution in [0.3, 0.4) is 0 Å². The van der Waals surface area contributed by atoms with E-state index in [1.807, 2.05) is 6.92 Å². The van der Waals surface area contributed by atoms with Crippen LogP contribution in [0, 0.1) is 11.7 Å². The summed E-state index contributed by atoms with van der Waals surface area (Å²) in [5, 5.41) is 16.8. The first-order valence-corrected chi connectivity index (χ1v) is 12.3. The quantitative estimate of drug-likeness (QED) is 0.328. The van der Waals surface area contributed by atoms with E-state index in [0.29, 0.717) is 35.2 Å². The van der Waals surface area contributed by atoms with Crippen molar-refractivity contribution >= 4 is 24.5 Å². The summed E-state index contributed by atoms with van der Waals surface area (Å²) in [6, 6.07) is 10.9. The van der Waals surface area contributed by atoms with E-state index in [1.165, 1.54) is 12.1 Å². The van der Waals surface area contributed by atoms with Gasteiger partial charge in [-0.3, -0.25) is 4.79 Å². The summed E-state index contributed by atoms with van der Waals surface area (Å²) in [4.78, 5) is 28.8. The van der Waals surface area contributed by atoms with Crippen LogP contribution in [-0.2, 0) is 13.0 Å². The Kier molecular flexibility index (Phi) is 9.03. The van der Waals surface area contributed by atoms with E-state index in [0.717, 1.165) is 12.8 Å². The van der Waals surface area contributed by atoms with E-state index in [4.69, 9.17) is 0 Å². The molecule has 0 aliphatic heterocycles. The molecule has 9 heteroatoms. The van der Waals surface area contributed by atoms with Crippen LogP contribution in [-0.4, -0.2) is 43.5 Å². The molecule has 1 aromatic heterocycles.